The maximum atomic E-state index is 14.1. The van der Waals surface area contributed by atoms with E-state index in [1.54, 1.807) is 6.20 Å². The Morgan fingerprint density at radius 2 is 2.27 bits per heavy atom. The van der Waals surface area contributed by atoms with Gasteiger partial charge in [0.05, 0.1) is 18.0 Å². The van der Waals surface area contributed by atoms with Crippen LogP contribution in [0, 0.1) is 5.82 Å². The highest BCUT2D eigenvalue weighted by Gasteiger charge is 2.12. The van der Waals surface area contributed by atoms with Gasteiger partial charge in [0.1, 0.15) is 12.1 Å². The van der Waals surface area contributed by atoms with Crippen LogP contribution in [-0.4, -0.2) is 43.7 Å². The fraction of sp³-hybridized carbons (Fsp3) is 0.176. The summed E-state index contributed by atoms with van der Waals surface area (Å²) in [5.74, 6) is -1.45. The molecule has 3 aromatic heterocycles. The summed E-state index contributed by atoms with van der Waals surface area (Å²) in [6.45, 7) is 1.46. The fourth-order valence-corrected chi connectivity index (χ4v) is 2.22. The number of nitrogens with two attached hydrogens (primary N) is 1. The van der Waals surface area contributed by atoms with Crippen LogP contribution < -0.4 is 10.5 Å². The van der Waals surface area contributed by atoms with Crippen LogP contribution in [0.15, 0.2) is 30.7 Å². The van der Waals surface area contributed by atoms with Gasteiger partial charge in [-0.05, 0) is 19.1 Å². The molecule has 0 saturated carbocycles. The Morgan fingerprint density at radius 1 is 1.46 bits per heavy atom. The lowest BCUT2D eigenvalue weighted by Crippen LogP contribution is -2.14. The normalized spacial score (nSPS) is 12.6. The standard InChI is InChI=1S/C17H16FN5O3/c1-9(24)8-26-17-12(18)4-11(6-22-17)13-7-21-16-15(23-13)10(5-20-16)2-3-14(19)25/h2-7,9,24H,8H2,1H3,(H2,19,25)(H,20,21)/t9-/m0/s1. The minimum atomic E-state index is -0.732. The number of rotatable bonds is 6. The summed E-state index contributed by atoms with van der Waals surface area (Å²) in [4.78, 5) is 26.4. The lowest BCUT2D eigenvalue weighted by atomic mass is 10.2. The zero-order chi connectivity index (χ0) is 18.7. The molecule has 3 heterocycles. The van der Waals surface area contributed by atoms with Crippen LogP contribution in [-0.2, 0) is 4.79 Å². The van der Waals surface area contributed by atoms with Gasteiger partial charge in [-0.1, -0.05) is 0 Å². The Bertz CT molecular complexity index is 984. The minimum absolute atomic E-state index is 0.0616. The first-order valence-electron chi connectivity index (χ1n) is 7.72. The summed E-state index contributed by atoms with van der Waals surface area (Å²) in [6.07, 6.45) is 6.52. The van der Waals surface area contributed by atoms with Gasteiger partial charge in [-0.25, -0.2) is 19.3 Å². The van der Waals surface area contributed by atoms with Crippen LogP contribution in [0.3, 0.4) is 0 Å². The number of carbonyl (C=O) groups excluding carboxylic acids is 1. The van der Waals surface area contributed by atoms with E-state index in [4.69, 9.17) is 10.5 Å². The maximum absolute atomic E-state index is 14.1. The van der Waals surface area contributed by atoms with E-state index >= 15 is 0 Å². The molecular weight excluding hydrogens is 341 g/mol. The van der Waals surface area contributed by atoms with Crippen LogP contribution in [0.1, 0.15) is 12.5 Å². The van der Waals surface area contributed by atoms with Crippen molar-refractivity contribution >= 4 is 23.1 Å². The first kappa shape index (κ1) is 17.5. The SMILES string of the molecule is C[C@H](O)COc1ncc(-c2cnc3[nH]cc(C=CC(N)=O)c3n2)cc1F. The molecule has 0 unspecified atom stereocenters. The predicted molar refractivity (Wildman–Crippen MR) is 92.5 cm³/mol. The van der Waals surface area contributed by atoms with Gasteiger partial charge in [0.25, 0.3) is 0 Å². The van der Waals surface area contributed by atoms with E-state index in [0.717, 1.165) is 0 Å². The number of carbonyl (C=O) groups is 1. The lowest BCUT2D eigenvalue weighted by molar-refractivity contribution is -0.113. The number of nitrogens with one attached hydrogen (secondary N) is 1. The molecule has 0 aromatic carbocycles. The second-order valence-corrected chi connectivity index (χ2v) is 5.60. The van der Waals surface area contributed by atoms with Gasteiger partial charge >= 0.3 is 0 Å². The summed E-state index contributed by atoms with van der Waals surface area (Å²) in [5.41, 5.74) is 7.56. The van der Waals surface area contributed by atoms with E-state index in [1.165, 1.54) is 37.5 Å². The van der Waals surface area contributed by atoms with Gasteiger partial charge in [-0.15, -0.1) is 0 Å². The van der Waals surface area contributed by atoms with Crippen LogP contribution in [0.4, 0.5) is 4.39 Å². The Balaban J connectivity index is 1.93. The maximum Gasteiger partial charge on any atom is 0.250 e. The van der Waals surface area contributed by atoms with Crippen molar-refractivity contribution in [1.82, 2.24) is 19.9 Å². The van der Waals surface area contributed by atoms with Crippen molar-refractivity contribution < 1.29 is 19.0 Å². The molecule has 0 aliphatic heterocycles. The second-order valence-electron chi connectivity index (χ2n) is 5.60. The van der Waals surface area contributed by atoms with Crippen LogP contribution in [0.25, 0.3) is 28.5 Å². The van der Waals surface area contributed by atoms with Gasteiger partial charge in [0.2, 0.25) is 11.8 Å². The number of halogens is 1. The van der Waals surface area contributed by atoms with E-state index in [2.05, 4.69) is 19.9 Å². The third-order valence-electron chi connectivity index (χ3n) is 3.40. The first-order valence-corrected chi connectivity index (χ1v) is 7.72. The summed E-state index contributed by atoms with van der Waals surface area (Å²) in [5, 5.41) is 9.19. The van der Waals surface area contributed by atoms with E-state index in [9.17, 15) is 14.3 Å². The predicted octanol–water partition coefficient (Wildman–Crippen LogP) is 1.42. The highest BCUT2D eigenvalue weighted by atomic mass is 19.1. The topological polar surface area (TPSA) is 127 Å². The molecule has 8 nitrogen and oxygen atoms in total. The molecule has 134 valence electrons. The molecule has 0 fully saturated rings. The second kappa shape index (κ2) is 7.28. The number of aliphatic hydroxyl groups is 1. The number of nitrogens with zero attached hydrogens (tertiary/aromatic N) is 3. The van der Waals surface area contributed by atoms with Crippen molar-refractivity contribution in [3.05, 3.63) is 42.1 Å². The Morgan fingerprint density at radius 3 is 2.96 bits per heavy atom. The van der Waals surface area contributed by atoms with Gasteiger partial charge in [0.15, 0.2) is 11.5 Å². The fourth-order valence-electron chi connectivity index (χ4n) is 2.22. The van der Waals surface area contributed by atoms with Crippen LogP contribution >= 0.6 is 0 Å². The molecule has 1 atom stereocenters. The number of fused-ring (bicyclic) bond motifs is 1. The largest absolute Gasteiger partial charge is 0.473 e. The molecule has 3 rings (SSSR count). The Hall–Kier alpha value is -3.33. The molecule has 4 N–H and O–H groups in total. The van der Waals surface area contributed by atoms with Gasteiger partial charge in [-0.3, -0.25) is 4.79 Å². The van der Waals surface area contributed by atoms with E-state index in [1.807, 2.05) is 0 Å². The molecule has 3 aromatic rings. The third kappa shape index (κ3) is 3.83. The van der Waals surface area contributed by atoms with Gasteiger partial charge in [0, 0.05) is 29.6 Å². The highest BCUT2D eigenvalue weighted by molar-refractivity contribution is 5.93. The van der Waals surface area contributed by atoms with Crippen molar-refractivity contribution in [2.24, 2.45) is 5.73 Å². The monoisotopic (exact) mass is 357 g/mol. The molecule has 0 saturated heterocycles. The summed E-state index contributed by atoms with van der Waals surface area (Å²) in [7, 11) is 0. The number of aliphatic hydroxyl groups excluding tert-OH is 1. The highest BCUT2D eigenvalue weighted by Crippen LogP contribution is 2.24. The molecule has 0 spiro atoms. The Labute approximate surface area is 147 Å². The average Bonchev–Trinajstić information content (AvgIpc) is 3.01. The number of hydrogen-bond acceptors (Lipinski definition) is 6. The summed E-state index contributed by atoms with van der Waals surface area (Å²) < 4.78 is 19.2. The number of hydrogen-bond donors (Lipinski definition) is 3. The number of primary amides is 1. The van der Waals surface area contributed by atoms with E-state index in [-0.39, 0.29) is 12.5 Å². The van der Waals surface area contributed by atoms with E-state index in [0.29, 0.717) is 28.0 Å². The molecule has 1 amide bonds. The number of ether oxygens (including phenoxy) is 1. The lowest BCUT2D eigenvalue weighted by Gasteiger charge is -2.08. The number of aromatic nitrogens is 4. The quantitative estimate of drug-likeness (QED) is 0.573. The number of amides is 1. The van der Waals surface area contributed by atoms with Crippen molar-refractivity contribution in [3.63, 3.8) is 0 Å². The Kier molecular flexibility index (Phi) is 4.90. The molecule has 0 aliphatic carbocycles. The van der Waals surface area contributed by atoms with Crippen LogP contribution in [0.2, 0.25) is 0 Å². The number of aromatic amines is 1. The summed E-state index contributed by atoms with van der Waals surface area (Å²) >= 11 is 0. The smallest absolute Gasteiger partial charge is 0.250 e. The zero-order valence-electron chi connectivity index (χ0n) is 13.8. The van der Waals surface area contributed by atoms with Crippen molar-refractivity contribution in [2.75, 3.05) is 6.61 Å². The van der Waals surface area contributed by atoms with Crippen molar-refractivity contribution in [2.45, 2.75) is 13.0 Å². The summed E-state index contributed by atoms with van der Waals surface area (Å²) in [6, 6.07) is 1.23. The van der Waals surface area contributed by atoms with Crippen molar-refractivity contribution in [3.8, 4) is 17.1 Å². The molecule has 0 aliphatic rings. The molecular formula is C17H16FN5O3. The molecule has 9 heteroatoms. The van der Waals surface area contributed by atoms with Gasteiger partial charge < -0.3 is 20.6 Å². The van der Waals surface area contributed by atoms with Gasteiger partial charge in [-0.2, -0.15) is 0 Å². The molecule has 0 bridgehead atoms. The molecule has 0 radical (unpaired) electrons. The minimum Gasteiger partial charge on any atom is -0.473 e. The zero-order valence-corrected chi connectivity index (χ0v) is 13.8. The third-order valence-corrected chi connectivity index (χ3v) is 3.40. The van der Waals surface area contributed by atoms with Crippen LogP contribution in [0.5, 0.6) is 5.88 Å². The molecule has 26 heavy (non-hydrogen) atoms. The van der Waals surface area contributed by atoms with E-state index < -0.39 is 17.8 Å². The number of H-pyrrole nitrogens is 1. The first-order chi connectivity index (χ1) is 12.4. The van der Waals surface area contributed by atoms with Crippen molar-refractivity contribution in [1.29, 1.82) is 0 Å². The average molecular weight is 357 g/mol. The number of pyridine rings is 1.